The minimum atomic E-state index is 0.531. The van der Waals surface area contributed by atoms with Crippen molar-refractivity contribution in [2.24, 2.45) is 0 Å². The van der Waals surface area contributed by atoms with Crippen LogP contribution in [-0.4, -0.2) is 42.1 Å². The van der Waals surface area contributed by atoms with Crippen molar-refractivity contribution in [3.05, 3.63) is 17.3 Å². The van der Waals surface area contributed by atoms with E-state index < -0.39 is 0 Å². The number of hydrogen-bond donors (Lipinski definition) is 1. The van der Waals surface area contributed by atoms with Gasteiger partial charge < -0.3 is 10.6 Å². The van der Waals surface area contributed by atoms with Crippen molar-refractivity contribution in [3.63, 3.8) is 0 Å². The summed E-state index contributed by atoms with van der Waals surface area (Å²) in [6.45, 7) is 2.09. The SMILES string of the molecule is CN1[C@@H]2C[C@H]1CN(c1cc(N)c(Cl)cn1)C2. The summed E-state index contributed by atoms with van der Waals surface area (Å²) < 4.78 is 0. The van der Waals surface area contributed by atoms with Crippen molar-refractivity contribution in [2.75, 3.05) is 30.8 Å². The number of nitrogen functional groups attached to an aromatic ring is 1. The van der Waals surface area contributed by atoms with E-state index in [1.54, 1.807) is 6.20 Å². The fourth-order valence-corrected chi connectivity index (χ4v) is 2.70. The molecule has 4 heterocycles. The number of halogens is 1. The Morgan fingerprint density at radius 2 is 2.12 bits per heavy atom. The van der Waals surface area contributed by atoms with Crippen molar-refractivity contribution in [1.29, 1.82) is 0 Å². The zero-order valence-electron chi connectivity index (χ0n) is 9.23. The monoisotopic (exact) mass is 238 g/mol. The Morgan fingerprint density at radius 1 is 1.44 bits per heavy atom. The van der Waals surface area contributed by atoms with Crippen molar-refractivity contribution in [2.45, 2.75) is 18.5 Å². The highest BCUT2D eigenvalue weighted by molar-refractivity contribution is 6.32. The molecule has 1 aromatic rings. The normalized spacial score (nSPS) is 29.0. The maximum atomic E-state index is 5.87. The van der Waals surface area contributed by atoms with Gasteiger partial charge in [0, 0.05) is 37.4 Å². The van der Waals surface area contributed by atoms with Crippen LogP contribution in [0.3, 0.4) is 0 Å². The largest absolute Gasteiger partial charge is 0.397 e. The zero-order chi connectivity index (χ0) is 11.3. The molecule has 4 rings (SSSR count). The van der Waals surface area contributed by atoms with E-state index in [1.807, 2.05) is 6.07 Å². The van der Waals surface area contributed by atoms with Crippen LogP contribution in [0.2, 0.25) is 5.02 Å². The molecule has 0 aliphatic carbocycles. The first kappa shape index (κ1) is 10.2. The number of fused-ring (bicyclic) bond motifs is 2. The third-order valence-electron chi connectivity index (χ3n) is 3.75. The van der Waals surface area contributed by atoms with Crippen LogP contribution >= 0.6 is 11.6 Å². The second-order valence-electron chi connectivity index (χ2n) is 4.68. The van der Waals surface area contributed by atoms with Gasteiger partial charge in [0.1, 0.15) is 5.82 Å². The number of piperidine rings is 1. The van der Waals surface area contributed by atoms with Crippen LogP contribution in [0.1, 0.15) is 6.42 Å². The van der Waals surface area contributed by atoms with Gasteiger partial charge in [-0.15, -0.1) is 0 Å². The molecule has 0 amide bonds. The minimum Gasteiger partial charge on any atom is -0.397 e. The van der Waals surface area contributed by atoms with E-state index in [9.17, 15) is 0 Å². The van der Waals surface area contributed by atoms with Gasteiger partial charge in [-0.25, -0.2) is 4.98 Å². The van der Waals surface area contributed by atoms with Crippen molar-refractivity contribution >= 4 is 23.1 Å². The molecular formula is C11H15ClN4. The van der Waals surface area contributed by atoms with Gasteiger partial charge in [0.15, 0.2) is 0 Å². The predicted molar refractivity (Wildman–Crippen MR) is 65.8 cm³/mol. The van der Waals surface area contributed by atoms with Gasteiger partial charge in [-0.05, 0) is 13.5 Å². The Labute approximate surface area is 100.0 Å². The molecule has 2 bridgehead atoms. The number of piperazine rings is 1. The van der Waals surface area contributed by atoms with E-state index in [0.29, 0.717) is 22.8 Å². The molecule has 0 aromatic carbocycles. The molecular weight excluding hydrogens is 224 g/mol. The highest BCUT2D eigenvalue weighted by Crippen LogP contribution is 2.33. The first-order chi connectivity index (χ1) is 7.65. The fourth-order valence-electron chi connectivity index (χ4n) is 2.60. The highest BCUT2D eigenvalue weighted by atomic mass is 35.5. The topological polar surface area (TPSA) is 45.4 Å². The molecule has 86 valence electrons. The van der Waals surface area contributed by atoms with E-state index in [0.717, 1.165) is 18.9 Å². The number of hydrogen-bond acceptors (Lipinski definition) is 4. The molecule has 0 spiro atoms. The number of nitrogens with two attached hydrogens (primary N) is 1. The summed E-state index contributed by atoms with van der Waals surface area (Å²) in [6.07, 6.45) is 2.95. The molecule has 0 radical (unpaired) electrons. The number of anilines is 2. The molecule has 2 atom stereocenters. The first-order valence-corrected chi connectivity index (χ1v) is 5.91. The predicted octanol–water partition coefficient (Wildman–Crippen LogP) is 1.21. The van der Waals surface area contributed by atoms with Crippen LogP contribution in [0.25, 0.3) is 0 Å². The van der Waals surface area contributed by atoms with E-state index in [4.69, 9.17) is 17.3 Å². The van der Waals surface area contributed by atoms with Gasteiger partial charge in [0.2, 0.25) is 0 Å². The second-order valence-corrected chi connectivity index (χ2v) is 5.09. The quantitative estimate of drug-likeness (QED) is 0.799. The summed E-state index contributed by atoms with van der Waals surface area (Å²) in [5.41, 5.74) is 6.40. The van der Waals surface area contributed by atoms with Crippen LogP contribution < -0.4 is 10.6 Å². The smallest absolute Gasteiger partial charge is 0.130 e. The summed E-state index contributed by atoms with van der Waals surface area (Å²) in [7, 11) is 2.19. The summed E-state index contributed by atoms with van der Waals surface area (Å²) in [4.78, 5) is 9.08. The fraction of sp³-hybridized carbons (Fsp3) is 0.545. The summed E-state index contributed by atoms with van der Waals surface area (Å²) in [5, 5.41) is 0.531. The summed E-state index contributed by atoms with van der Waals surface area (Å²) in [6, 6.07) is 3.22. The minimum absolute atomic E-state index is 0.531. The Kier molecular flexibility index (Phi) is 2.23. The molecule has 0 unspecified atom stereocenters. The van der Waals surface area contributed by atoms with E-state index in [-0.39, 0.29) is 0 Å². The Balaban J connectivity index is 1.81. The van der Waals surface area contributed by atoms with Gasteiger partial charge in [-0.3, -0.25) is 4.90 Å². The number of aromatic nitrogens is 1. The lowest BCUT2D eigenvalue weighted by Gasteiger charge is -2.55. The Morgan fingerprint density at radius 3 is 2.69 bits per heavy atom. The van der Waals surface area contributed by atoms with Crippen molar-refractivity contribution in [1.82, 2.24) is 9.88 Å². The van der Waals surface area contributed by atoms with Crippen LogP contribution in [0.4, 0.5) is 11.5 Å². The average Bonchev–Trinajstić information content (AvgIpc) is 2.32. The number of nitrogens with zero attached hydrogens (tertiary/aromatic N) is 3. The Bertz CT molecular complexity index is 410. The molecule has 0 saturated carbocycles. The van der Waals surface area contributed by atoms with E-state index in [2.05, 4.69) is 21.8 Å². The third kappa shape index (κ3) is 1.44. The molecule has 16 heavy (non-hydrogen) atoms. The third-order valence-corrected chi connectivity index (χ3v) is 4.07. The van der Waals surface area contributed by atoms with Crippen LogP contribution in [-0.2, 0) is 0 Å². The standard InChI is InChI=1S/C11H15ClN4/c1-15-7-2-8(15)6-16(5-7)11-3-10(13)9(12)4-14-11/h3-4,7-8H,2,5-6H2,1H3,(H2,13,14)/t7-,8+. The molecule has 3 aliphatic heterocycles. The van der Waals surface area contributed by atoms with Gasteiger partial charge >= 0.3 is 0 Å². The maximum Gasteiger partial charge on any atom is 0.130 e. The van der Waals surface area contributed by atoms with Crippen LogP contribution in [0.15, 0.2) is 12.3 Å². The van der Waals surface area contributed by atoms with E-state index >= 15 is 0 Å². The maximum absolute atomic E-state index is 5.87. The first-order valence-electron chi connectivity index (χ1n) is 5.53. The van der Waals surface area contributed by atoms with Gasteiger partial charge in [0.05, 0.1) is 10.7 Å². The molecule has 1 aromatic heterocycles. The van der Waals surface area contributed by atoms with Gasteiger partial charge in [-0.1, -0.05) is 11.6 Å². The molecule has 3 aliphatic rings. The lowest BCUT2D eigenvalue weighted by Crippen LogP contribution is -2.67. The van der Waals surface area contributed by atoms with Gasteiger partial charge in [-0.2, -0.15) is 0 Å². The number of likely N-dealkylation sites (N-methyl/N-ethyl adjacent to an activating group) is 1. The molecule has 5 heteroatoms. The number of rotatable bonds is 1. The average molecular weight is 239 g/mol. The lowest BCUT2D eigenvalue weighted by atomic mass is 9.88. The van der Waals surface area contributed by atoms with Crippen molar-refractivity contribution < 1.29 is 0 Å². The van der Waals surface area contributed by atoms with Crippen LogP contribution in [0.5, 0.6) is 0 Å². The zero-order valence-corrected chi connectivity index (χ0v) is 9.98. The summed E-state index contributed by atoms with van der Waals surface area (Å²) >= 11 is 5.87. The Hall–Kier alpha value is -1.00. The van der Waals surface area contributed by atoms with Gasteiger partial charge in [0.25, 0.3) is 0 Å². The highest BCUT2D eigenvalue weighted by Gasteiger charge is 2.42. The number of pyridine rings is 1. The summed E-state index contributed by atoms with van der Waals surface area (Å²) in [5.74, 6) is 0.949. The molecule has 4 nitrogen and oxygen atoms in total. The molecule has 2 N–H and O–H groups in total. The lowest BCUT2D eigenvalue weighted by molar-refractivity contribution is 0.0261. The van der Waals surface area contributed by atoms with Crippen molar-refractivity contribution in [3.8, 4) is 0 Å². The second kappa shape index (κ2) is 3.50. The molecule has 3 fully saturated rings. The van der Waals surface area contributed by atoms with Crippen LogP contribution in [0, 0.1) is 0 Å². The van der Waals surface area contributed by atoms with E-state index in [1.165, 1.54) is 6.42 Å². The molecule has 3 saturated heterocycles.